The minimum absolute atomic E-state index is 0.0115. The van der Waals surface area contributed by atoms with Crippen LogP contribution in [0.1, 0.15) is 63.0 Å². The van der Waals surface area contributed by atoms with Gasteiger partial charge in [-0.25, -0.2) is 9.59 Å². The summed E-state index contributed by atoms with van der Waals surface area (Å²) in [5.41, 5.74) is 4.38. The lowest BCUT2D eigenvalue weighted by molar-refractivity contribution is -0.139. The molecule has 11 nitrogen and oxygen atoms in total. The highest BCUT2D eigenvalue weighted by atomic mass is 16.5. The van der Waals surface area contributed by atoms with E-state index in [0.29, 0.717) is 25.0 Å². The van der Waals surface area contributed by atoms with Crippen molar-refractivity contribution in [3.05, 3.63) is 59.7 Å². The van der Waals surface area contributed by atoms with Crippen LogP contribution in [0.15, 0.2) is 48.5 Å². The molecule has 0 saturated heterocycles. The molecule has 0 radical (unpaired) electrons. The summed E-state index contributed by atoms with van der Waals surface area (Å²) >= 11 is 0. The number of hydrogen-bond acceptors (Lipinski definition) is 9. The lowest BCUT2D eigenvalue weighted by Crippen LogP contribution is -2.42. The Balaban J connectivity index is 1.32. The van der Waals surface area contributed by atoms with Crippen molar-refractivity contribution in [2.75, 3.05) is 36.9 Å². The third kappa shape index (κ3) is 8.06. The second-order valence-electron chi connectivity index (χ2n) is 9.82. The number of hydrogen-bond donors (Lipinski definition) is 4. The largest absolute Gasteiger partial charge is 0.480 e. The summed E-state index contributed by atoms with van der Waals surface area (Å²) in [5, 5.41) is 18.5. The number of carboxylic acids is 1. The number of aromatic nitrogens is 3. The van der Waals surface area contributed by atoms with E-state index in [-0.39, 0.29) is 31.6 Å². The minimum atomic E-state index is -1.21. The number of fused-ring (bicyclic) bond motifs is 3. The Morgan fingerprint density at radius 3 is 1.98 bits per heavy atom. The predicted molar refractivity (Wildman–Crippen MR) is 156 cm³/mol. The number of anilines is 2. The van der Waals surface area contributed by atoms with Gasteiger partial charge >= 0.3 is 18.1 Å². The highest BCUT2D eigenvalue weighted by Gasteiger charge is 2.29. The average Bonchev–Trinajstić information content (AvgIpc) is 3.29. The van der Waals surface area contributed by atoms with Gasteiger partial charge in [0.1, 0.15) is 12.6 Å². The van der Waals surface area contributed by atoms with E-state index < -0.39 is 18.1 Å². The molecule has 0 unspecified atom stereocenters. The van der Waals surface area contributed by atoms with E-state index in [1.807, 2.05) is 36.4 Å². The molecule has 1 atom stereocenters. The molecule has 0 bridgehead atoms. The quantitative estimate of drug-likeness (QED) is 0.175. The average molecular weight is 563 g/mol. The van der Waals surface area contributed by atoms with Gasteiger partial charge in [-0.05, 0) is 35.1 Å². The standard InChI is InChI=1S/C30H38N6O5/c1-3-5-16-31-27-34-28(32-17-6-4-2)36-29(35-27)40-18-15-25(26(37)38)33-30(39)41-19-24-22-13-9-7-11-20(22)21-12-8-10-14-23(21)24/h7-14,24-25H,3-6,15-19H2,1-2H3,(H,33,39)(H,37,38)(H2,31,32,34,35,36)/t25-/m0/s1. The third-order valence-electron chi connectivity index (χ3n) is 6.81. The van der Waals surface area contributed by atoms with Gasteiger partial charge in [0.25, 0.3) is 0 Å². The first kappa shape index (κ1) is 29.6. The van der Waals surface area contributed by atoms with Crippen LogP contribution in [0.5, 0.6) is 6.01 Å². The number of nitrogens with zero attached hydrogens (tertiary/aromatic N) is 3. The van der Waals surface area contributed by atoms with Gasteiger partial charge in [0, 0.05) is 25.4 Å². The van der Waals surface area contributed by atoms with Crippen LogP contribution in [0.25, 0.3) is 11.1 Å². The van der Waals surface area contributed by atoms with Gasteiger partial charge in [0.2, 0.25) is 11.9 Å². The third-order valence-corrected chi connectivity index (χ3v) is 6.81. The van der Waals surface area contributed by atoms with Crippen molar-refractivity contribution < 1.29 is 24.2 Å². The number of rotatable bonds is 16. The predicted octanol–water partition coefficient (Wildman–Crippen LogP) is 5.06. The summed E-state index contributed by atoms with van der Waals surface area (Å²) in [6, 6.07) is 14.9. The molecule has 0 fully saturated rings. The lowest BCUT2D eigenvalue weighted by atomic mass is 9.98. The molecule has 0 aliphatic heterocycles. The molecule has 3 aromatic rings. The Morgan fingerprint density at radius 2 is 1.44 bits per heavy atom. The molecule has 1 aromatic heterocycles. The summed E-state index contributed by atoms with van der Waals surface area (Å²) in [6.07, 6.45) is 3.16. The molecular weight excluding hydrogens is 524 g/mol. The molecule has 218 valence electrons. The van der Waals surface area contributed by atoms with Crippen molar-refractivity contribution in [2.45, 2.75) is 57.9 Å². The van der Waals surface area contributed by atoms with E-state index in [2.05, 4.69) is 56.9 Å². The van der Waals surface area contributed by atoms with Crippen molar-refractivity contribution in [2.24, 2.45) is 0 Å². The topological polar surface area (TPSA) is 148 Å². The van der Waals surface area contributed by atoms with E-state index in [4.69, 9.17) is 9.47 Å². The summed E-state index contributed by atoms with van der Waals surface area (Å²) in [4.78, 5) is 37.5. The van der Waals surface area contributed by atoms with Crippen LogP contribution in [-0.2, 0) is 9.53 Å². The molecule has 0 saturated carbocycles. The van der Waals surface area contributed by atoms with Crippen LogP contribution < -0.4 is 20.7 Å². The number of carbonyl (C=O) groups is 2. The van der Waals surface area contributed by atoms with E-state index in [1.54, 1.807) is 0 Å². The van der Waals surface area contributed by atoms with Crippen molar-refractivity contribution in [3.8, 4) is 17.1 Å². The van der Waals surface area contributed by atoms with Crippen LogP contribution in [-0.4, -0.2) is 64.5 Å². The molecule has 11 heteroatoms. The molecule has 4 N–H and O–H groups in total. The molecule has 1 aliphatic rings. The maximum absolute atomic E-state index is 12.6. The van der Waals surface area contributed by atoms with Gasteiger partial charge in [-0.2, -0.15) is 15.0 Å². The Labute approximate surface area is 240 Å². The second-order valence-corrected chi connectivity index (χ2v) is 9.82. The molecule has 1 amide bonds. The SMILES string of the molecule is CCCCNc1nc(NCCCC)nc(OCC[C@H](NC(=O)OCC2c3ccccc3-c3ccccc32)C(=O)O)n1. The normalized spacial score (nSPS) is 12.6. The van der Waals surface area contributed by atoms with Gasteiger partial charge in [-0.3, -0.25) is 0 Å². The van der Waals surface area contributed by atoms with Crippen molar-refractivity contribution in [1.29, 1.82) is 0 Å². The Kier molecular flexibility index (Phi) is 10.7. The molecule has 41 heavy (non-hydrogen) atoms. The zero-order chi connectivity index (χ0) is 29.0. The number of carbonyl (C=O) groups excluding carboxylic acids is 1. The number of aliphatic carboxylic acids is 1. The Morgan fingerprint density at radius 1 is 0.878 bits per heavy atom. The number of alkyl carbamates (subject to hydrolysis) is 1. The number of ether oxygens (including phenoxy) is 2. The zero-order valence-electron chi connectivity index (χ0n) is 23.6. The zero-order valence-corrected chi connectivity index (χ0v) is 23.6. The number of benzene rings is 2. The van der Waals surface area contributed by atoms with Gasteiger partial charge < -0.3 is 30.5 Å². The highest BCUT2D eigenvalue weighted by Crippen LogP contribution is 2.44. The number of carboxylic acid groups (broad SMARTS) is 1. The fraction of sp³-hybridized carbons (Fsp3) is 0.433. The van der Waals surface area contributed by atoms with Crippen molar-refractivity contribution in [3.63, 3.8) is 0 Å². The monoisotopic (exact) mass is 562 g/mol. The molecular formula is C30H38N6O5. The van der Waals surface area contributed by atoms with Crippen LogP contribution >= 0.6 is 0 Å². The number of nitrogens with one attached hydrogen (secondary N) is 3. The Hall–Kier alpha value is -4.41. The number of amides is 1. The van der Waals surface area contributed by atoms with Gasteiger partial charge in [0.05, 0.1) is 6.61 Å². The van der Waals surface area contributed by atoms with E-state index in [1.165, 1.54) is 0 Å². The van der Waals surface area contributed by atoms with Crippen molar-refractivity contribution in [1.82, 2.24) is 20.3 Å². The maximum Gasteiger partial charge on any atom is 0.407 e. The fourth-order valence-corrected chi connectivity index (χ4v) is 4.64. The van der Waals surface area contributed by atoms with Crippen LogP contribution in [0.4, 0.5) is 16.7 Å². The van der Waals surface area contributed by atoms with Crippen LogP contribution in [0, 0.1) is 0 Å². The van der Waals surface area contributed by atoms with Gasteiger partial charge in [-0.1, -0.05) is 75.2 Å². The Bertz CT molecular complexity index is 1250. The molecule has 1 aliphatic carbocycles. The highest BCUT2D eigenvalue weighted by molar-refractivity contribution is 5.81. The first-order chi connectivity index (χ1) is 20.0. The fourth-order valence-electron chi connectivity index (χ4n) is 4.64. The lowest BCUT2D eigenvalue weighted by Gasteiger charge is -2.17. The maximum atomic E-state index is 12.6. The van der Waals surface area contributed by atoms with Crippen LogP contribution in [0.2, 0.25) is 0 Å². The van der Waals surface area contributed by atoms with Gasteiger partial charge in [0.15, 0.2) is 0 Å². The minimum Gasteiger partial charge on any atom is -0.480 e. The van der Waals surface area contributed by atoms with Gasteiger partial charge in [-0.15, -0.1) is 0 Å². The molecule has 2 aromatic carbocycles. The summed E-state index contributed by atoms with van der Waals surface area (Å²) in [6.45, 7) is 5.66. The van der Waals surface area contributed by atoms with Crippen LogP contribution in [0.3, 0.4) is 0 Å². The van der Waals surface area contributed by atoms with Crippen molar-refractivity contribution >= 4 is 24.0 Å². The van der Waals surface area contributed by atoms with E-state index in [9.17, 15) is 14.7 Å². The first-order valence-electron chi connectivity index (χ1n) is 14.2. The summed E-state index contributed by atoms with van der Waals surface area (Å²) < 4.78 is 11.2. The smallest absolute Gasteiger partial charge is 0.407 e. The molecule has 4 rings (SSSR count). The molecule has 0 spiro atoms. The van der Waals surface area contributed by atoms with E-state index >= 15 is 0 Å². The summed E-state index contributed by atoms with van der Waals surface area (Å²) in [5.74, 6) is -0.548. The molecule has 1 heterocycles. The van der Waals surface area contributed by atoms with E-state index in [0.717, 1.165) is 47.9 Å². The summed E-state index contributed by atoms with van der Waals surface area (Å²) in [7, 11) is 0. The first-order valence-corrected chi connectivity index (χ1v) is 14.2. The number of unbranched alkanes of at least 4 members (excludes halogenated alkanes) is 2. The second kappa shape index (κ2) is 14.8.